The van der Waals surface area contributed by atoms with Gasteiger partial charge in [-0.25, -0.2) is 0 Å². The maximum Gasteiger partial charge on any atom is 0.126 e. The van der Waals surface area contributed by atoms with Crippen LogP contribution in [0.4, 0.5) is 0 Å². The minimum atomic E-state index is 0.534. The molecule has 0 spiro atoms. The van der Waals surface area contributed by atoms with E-state index in [0.717, 1.165) is 5.76 Å². The Morgan fingerprint density at radius 3 is 2.82 bits per heavy atom. The van der Waals surface area contributed by atoms with E-state index in [1.165, 1.54) is 10.2 Å². The molecule has 1 aliphatic rings. The highest BCUT2D eigenvalue weighted by atomic mass is 32.3. The molecule has 0 saturated carbocycles. The highest BCUT2D eigenvalue weighted by molar-refractivity contribution is 8.32. The summed E-state index contributed by atoms with van der Waals surface area (Å²) in [6.07, 6.45) is 1.75. The maximum absolute atomic E-state index is 5.32. The van der Waals surface area contributed by atoms with Crippen LogP contribution in [0, 0.1) is 0 Å². The first-order valence-corrected chi connectivity index (χ1v) is 6.56. The third kappa shape index (κ3) is 1.92. The highest BCUT2D eigenvalue weighted by Crippen LogP contribution is 2.46. The van der Waals surface area contributed by atoms with E-state index < -0.39 is 0 Å². The molecule has 1 nitrogen and oxygen atoms in total. The van der Waals surface area contributed by atoms with Gasteiger partial charge >= 0.3 is 0 Å². The molecule has 0 aromatic carbocycles. The lowest BCUT2D eigenvalue weighted by molar-refractivity contribution is 0.528. The first-order chi connectivity index (χ1) is 5.47. The molecule has 0 unspecified atom stereocenters. The topological polar surface area (TPSA) is 13.1 Å². The second-order valence-electron chi connectivity index (χ2n) is 2.12. The average Bonchev–Trinajstić information content (AvgIpc) is 2.58. The molecular weight excluding hydrogens is 196 g/mol. The quantitative estimate of drug-likeness (QED) is 0.695. The van der Waals surface area contributed by atoms with Crippen LogP contribution in [0.3, 0.4) is 0 Å². The van der Waals surface area contributed by atoms with Gasteiger partial charge in [-0.3, -0.25) is 0 Å². The molecule has 1 aromatic heterocycles. The van der Waals surface area contributed by atoms with Crippen LogP contribution in [0.2, 0.25) is 0 Å². The Hall–Kier alpha value is 0.330. The number of thioether (sulfide) groups is 3. The smallest absolute Gasteiger partial charge is 0.126 e. The zero-order chi connectivity index (χ0) is 7.52. The second kappa shape index (κ2) is 3.83. The van der Waals surface area contributed by atoms with Crippen molar-refractivity contribution in [2.24, 2.45) is 0 Å². The lowest BCUT2D eigenvalue weighted by Gasteiger charge is -2.17. The molecule has 1 aliphatic heterocycles. The Bertz CT molecular complexity index is 203. The van der Waals surface area contributed by atoms with Crippen molar-refractivity contribution in [1.82, 2.24) is 0 Å². The van der Waals surface area contributed by atoms with E-state index in [2.05, 4.69) is 6.07 Å². The van der Waals surface area contributed by atoms with Crippen molar-refractivity contribution in [3.8, 4) is 0 Å². The molecule has 60 valence electrons. The van der Waals surface area contributed by atoms with Gasteiger partial charge in [0.05, 0.1) is 6.26 Å². The van der Waals surface area contributed by atoms with Crippen molar-refractivity contribution in [2.75, 3.05) is 10.2 Å². The average molecular weight is 204 g/mol. The highest BCUT2D eigenvalue weighted by Gasteiger charge is 2.18. The van der Waals surface area contributed by atoms with E-state index in [-0.39, 0.29) is 0 Å². The Kier molecular flexibility index (Phi) is 2.77. The number of hydrogen-bond donors (Lipinski definition) is 0. The van der Waals surface area contributed by atoms with Crippen molar-refractivity contribution in [3.63, 3.8) is 0 Å². The summed E-state index contributed by atoms with van der Waals surface area (Å²) in [5, 5.41) is 2.39. The number of rotatable bonds is 1. The fraction of sp³-hybridized carbons (Fsp3) is 0.429. The van der Waals surface area contributed by atoms with Gasteiger partial charge < -0.3 is 4.42 Å². The van der Waals surface area contributed by atoms with E-state index in [9.17, 15) is 0 Å². The minimum Gasteiger partial charge on any atom is -0.467 e. The van der Waals surface area contributed by atoms with Gasteiger partial charge in [0.1, 0.15) is 10.3 Å². The van der Waals surface area contributed by atoms with E-state index in [1.54, 1.807) is 6.26 Å². The van der Waals surface area contributed by atoms with Crippen LogP contribution in [0.5, 0.6) is 0 Å². The van der Waals surface area contributed by atoms with Crippen LogP contribution >= 0.6 is 35.3 Å². The Balaban J connectivity index is 2.04. The molecule has 2 heterocycles. The molecule has 0 bridgehead atoms. The summed E-state index contributed by atoms with van der Waals surface area (Å²) in [6.45, 7) is 0. The van der Waals surface area contributed by atoms with Gasteiger partial charge in [-0.15, -0.1) is 35.3 Å². The third-order valence-electron chi connectivity index (χ3n) is 1.38. The maximum atomic E-state index is 5.32. The van der Waals surface area contributed by atoms with Gasteiger partial charge in [0.2, 0.25) is 0 Å². The third-order valence-corrected chi connectivity index (χ3v) is 5.69. The lowest BCUT2D eigenvalue weighted by atomic mass is 10.5. The van der Waals surface area contributed by atoms with E-state index in [1.807, 2.05) is 41.4 Å². The summed E-state index contributed by atoms with van der Waals surface area (Å²) in [6, 6.07) is 4.01. The minimum absolute atomic E-state index is 0.534. The van der Waals surface area contributed by atoms with Crippen LogP contribution in [0.25, 0.3) is 0 Å². The van der Waals surface area contributed by atoms with Crippen molar-refractivity contribution in [1.29, 1.82) is 0 Å². The zero-order valence-corrected chi connectivity index (χ0v) is 8.31. The SMILES string of the molecule is c1coc(C2SCSCS2)c1. The fourth-order valence-corrected chi connectivity index (χ4v) is 5.52. The van der Waals surface area contributed by atoms with Gasteiger partial charge in [0.25, 0.3) is 0 Å². The van der Waals surface area contributed by atoms with Gasteiger partial charge in [-0.2, -0.15) is 0 Å². The Labute approximate surface area is 78.7 Å². The second-order valence-corrected chi connectivity index (χ2v) is 6.32. The van der Waals surface area contributed by atoms with E-state index in [0.29, 0.717) is 4.58 Å². The first-order valence-electron chi connectivity index (χ1n) is 3.31. The molecular formula is C7H8OS3. The molecule has 0 N–H and O–H groups in total. The van der Waals surface area contributed by atoms with E-state index in [4.69, 9.17) is 4.42 Å². The largest absolute Gasteiger partial charge is 0.467 e. The summed E-state index contributed by atoms with van der Waals surface area (Å²) in [5.41, 5.74) is 0. The van der Waals surface area contributed by atoms with Crippen LogP contribution in [0.1, 0.15) is 10.3 Å². The number of furan rings is 1. The molecule has 1 aromatic rings. The number of hydrogen-bond acceptors (Lipinski definition) is 4. The Morgan fingerprint density at radius 2 is 2.18 bits per heavy atom. The van der Waals surface area contributed by atoms with Crippen molar-refractivity contribution >= 4 is 35.3 Å². The molecule has 2 rings (SSSR count). The van der Waals surface area contributed by atoms with Crippen LogP contribution in [-0.4, -0.2) is 10.2 Å². The van der Waals surface area contributed by atoms with Crippen LogP contribution in [0.15, 0.2) is 22.8 Å². The van der Waals surface area contributed by atoms with Crippen molar-refractivity contribution < 1.29 is 4.42 Å². The van der Waals surface area contributed by atoms with Gasteiger partial charge in [0.15, 0.2) is 0 Å². The van der Waals surface area contributed by atoms with Crippen LogP contribution in [-0.2, 0) is 0 Å². The van der Waals surface area contributed by atoms with E-state index >= 15 is 0 Å². The molecule has 0 atom stereocenters. The summed E-state index contributed by atoms with van der Waals surface area (Å²) in [5.74, 6) is 1.11. The normalized spacial score (nSPS) is 20.4. The lowest BCUT2D eigenvalue weighted by Crippen LogP contribution is -1.93. The summed E-state index contributed by atoms with van der Waals surface area (Å²) < 4.78 is 5.86. The summed E-state index contributed by atoms with van der Waals surface area (Å²) in [4.78, 5) is 0. The zero-order valence-electron chi connectivity index (χ0n) is 5.86. The molecule has 0 radical (unpaired) electrons. The van der Waals surface area contributed by atoms with Crippen molar-refractivity contribution in [2.45, 2.75) is 4.58 Å². The first kappa shape index (κ1) is 7.95. The summed E-state index contributed by atoms with van der Waals surface area (Å²) >= 11 is 5.89. The molecule has 0 amide bonds. The molecule has 4 heteroatoms. The summed E-state index contributed by atoms with van der Waals surface area (Å²) in [7, 11) is 0. The van der Waals surface area contributed by atoms with Gasteiger partial charge in [-0.1, -0.05) is 0 Å². The monoisotopic (exact) mass is 204 g/mol. The molecule has 11 heavy (non-hydrogen) atoms. The fourth-order valence-electron chi connectivity index (χ4n) is 0.892. The Morgan fingerprint density at radius 1 is 1.36 bits per heavy atom. The molecule has 0 aliphatic carbocycles. The van der Waals surface area contributed by atoms with Gasteiger partial charge in [0, 0.05) is 10.2 Å². The van der Waals surface area contributed by atoms with Crippen molar-refractivity contribution in [3.05, 3.63) is 24.2 Å². The predicted molar refractivity (Wildman–Crippen MR) is 54.0 cm³/mol. The molecule has 1 saturated heterocycles. The molecule has 1 fully saturated rings. The van der Waals surface area contributed by atoms with Crippen LogP contribution < -0.4 is 0 Å². The van der Waals surface area contributed by atoms with Gasteiger partial charge in [-0.05, 0) is 12.1 Å². The standard InChI is InChI=1S/C7H8OS3/c1-2-6(8-3-1)7-10-4-9-5-11-7/h1-3,7H,4-5H2. The predicted octanol–water partition coefficient (Wildman–Crippen LogP) is 3.41.